The summed E-state index contributed by atoms with van der Waals surface area (Å²) in [5, 5.41) is 12.8. The van der Waals surface area contributed by atoms with Crippen molar-refractivity contribution in [3.8, 4) is 0 Å². The van der Waals surface area contributed by atoms with E-state index in [1.807, 2.05) is 11.8 Å². The van der Waals surface area contributed by atoms with E-state index in [2.05, 4.69) is 11.6 Å². The van der Waals surface area contributed by atoms with E-state index in [1.165, 1.54) is 12.1 Å². The average molecular weight is 298 g/mol. The van der Waals surface area contributed by atoms with Crippen molar-refractivity contribution < 1.29 is 14.3 Å². The standard InChI is InChI=1S/C14H19FN2O2S/c1-20-9-4-2-8(3-5-9)17-13-7-11(15)10(14(18)19)6-12(13)16/h6-9,17H,2-5,16H2,1H3,(H,18,19). The van der Waals surface area contributed by atoms with Crippen molar-refractivity contribution in [1.82, 2.24) is 0 Å². The van der Waals surface area contributed by atoms with E-state index in [4.69, 9.17) is 10.8 Å². The third-order valence-electron chi connectivity index (χ3n) is 3.74. The molecule has 1 saturated carbocycles. The number of carbonyl (C=O) groups is 1. The van der Waals surface area contributed by atoms with Crippen LogP contribution in [0.2, 0.25) is 0 Å². The second kappa shape index (κ2) is 6.35. The van der Waals surface area contributed by atoms with Crippen LogP contribution in [0.4, 0.5) is 15.8 Å². The molecular weight excluding hydrogens is 279 g/mol. The lowest BCUT2D eigenvalue weighted by Crippen LogP contribution is -2.27. The second-order valence-corrected chi connectivity index (χ2v) is 6.22. The Hall–Kier alpha value is -1.43. The van der Waals surface area contributed by atoms with Gasteiger partial charge in [0.05, 0.1) is 16.9 Å². The number of benzene rings is 1. The molecule has 1 aromatic rings. The molecule has 0 aliphatic heterocycles. The van der Waals surface area contributed by atoms with Crippen molar-refractivity contribution >= 4 is 29.1 Å². The minimum Gasteiger partial charge on any atom is -0.478 e. The van der Waals surface area contributed by atoms with Gasteiger partial charge in [-0.15, -0.1) is 0 Å². The van der Waals surface area contributed by atoms with Crippen LogP contribution < -0.4 is 11.1 Å². The molecule has 0 spiro atoms. The van der Waals surface area contributed by atoms with Crippen LogP contribution in [-0.2, 0) is 0 Å². The summed E-state index contributed by atoms with van der Waals surface area (Å²) in [7, 11) is 0. The Morgan fingerprint density at radius 3 is 2.60 bits per heavy atom. The third kappa shape index (κ3) is 3.36. The van der Waals surface area contributed by atoms with E-state index in [0.29, 0.717) is 10.9 Å². The van der Waals surface area contributed by atoms with Crippen molar-refractivity contribution in [3.05, 3.63) is 23.5 Å². The van der Waals surface area contributed by atoms with Gasteiger partial charge in [0.1, 0.15) is 5.82 Å². The normalized spacial score (nSPS) is 22.5. The van der Waals surface area contributed by atoms with Crippen LogP contribution in [-0.4, -0.2) is 28.6 Å². The van der Waals surface area contributed by atoms with Crippen molar-refractivity contribution in [2.45, 2.75) is 37.0 Å². The van der Waals surface area contributed by atoms with Crippen LogP contribution in [0.25, 0.3) is 0 Å². The Morgan fingerprint density at radius 1 is 1.40 bits per heavy atom. The van der Waals surface area contributed by atoms with Gasteiger partial charge < -0.3 is 16.2 Å². The molecule has 0 bridgehead atoms. The molecule has 0 heterocycles. The lowest BCUT2D eigenvalue weighted by Gasteiger charge is -2.29. The fourth-order valence-corrected chi connectivity index (χ4v) is 3.29. The summed E-state index contributed by atoms with van der Waals surface area (Å²) in [6.45, 7) is 0. The highest BCUT2D eigenvalue weighted by atomic mass is 32.2. The fourth-order valence-electron chi connectivity index (χ4n) is 2.54. The number of anilines is 2. The summed E-state index contributed by atoms with van der Waals surface area (Å²) < 4.78 is 13.7. The van der Waals surface area contributed by atoms with E-state index in [0.717, 1.165) is 25.7 Å². The summed E-state index contributed by atoms with van der Waals surface area (Å²) >= 11 is 1.89. The van der Waals surface area contributed by atoms with Gasteiger partial charge in [-0.3, -0.25) is 0 Å². The summed E-state index contributed by atoms with van der Waals surface area (Å²) in [4.78, 5) is 10.8. The van der Waals surface area contributed by atoms with E-state index in [1.54, 1.807) is 0 Å². The molecule has 1 aliphatic carbocycles. The lowest BCUT2D eigenvalue weighted by atomic mass is 9.94. The van der Waals surface area contributed by atoms with Crippen LogP contribution >= 0.6 is 11.8 Å². The molecule has 6 heteroatoms. The molecule has 2 rings (SSSR count). The van der Waals surface area contributed by atoms with Gasteiger partial charge in [0.15, 0.2) is 0 Å². The topological polar surface area (TPSA) is 75.3 Å². The maximum absolute atomic E-state index is 13.7. The van der Waals surface area contributed by atoms with E-state index in [9.17, 15) is 9.18 Å². The molecule has 0 unspecified atom stereocenters. The van der Waals surface area contributed by atoms with Gasteiger partial charge in [-0.05, 0) is 44.1 Å². The predicted molar refractivity (Wildman–Crippen MR) is 81.0 cm³/mol. The zero-order valence-corrected chi connectivity index (χ0v) is 12.2. The van der Waals surface area contributed by atoms with Crippen molar-refractivity contribution in [3.63, 3.8) is 0 Å². The molecule has 0 saturated heterocycles. The van der Waals surface area contributed by atoms with Gasteiger partial charge in [0.25, 0.3) is 0 Å². The molecule has 1 aliphatic rings. The van der Waals surface area contributed by atoms with E-state index < -0.39 is 11.8 Å². The zero-order valence-electron chi connectivity index (χ0n) is 11.4. The van der Waals surface area contributed by atoms with E-state index >= 15 is 0 Å². The number of nitrogen functional groups attached to an aromatic ring is 1. The maximum Gasteiger partial charge on any atom is 0.338 e. The second-order valence-electron chi connectivity index (χ2n) is 5.08. The quantitative estimate of drug-likeness (QED) is 0.744. The van der Waals surface area contributed by atoms with Gasteiger partial charge in [-0.25, -0.2) is 9.18 Å². The highest BCUT2D eigenvalue weighted by Crippen LogP contribution is 2.31. The number of nitrogens with one attached hydrogen (secondary N) is 1. The Morgan fingerprint density at radius 2 is 2.05 bits per heavy atom. The summed E-state index contributed by atoms with van der Waals surface area (Å²) in [5.41, 5.74) is 6.17. The molecule has 1 aromatic carbocycles. The fraction of sp³-hybridized carbons (Fsp3) is 0.500. The number of halogens is 1. The van der Waals surface area contributed by atoms with Crippen LogP contribution in [0.5, 0.6) is 0 Å². The lowest BCUT2D eigenvalue weighted by molar-refractivity contribution is 0.0692. The maximum atomic E-state index is 13.7. The van der Waals surface area contributed by atoms with Crippen LogP contribution in [0.15, 0.2) is 12.1 Å². The summed E-state index contributed by atoms with van der Waals surface area (Å²) in [6, 6.07) is 2.63. The first-order chi connectivity index (χ1) is 9.51. The number of carboxylic acids is 1. The number of hydrogen-bond acceptors (Lipinski definition) is 4. The van der Waals surface area contributed by atoms with Crippen LogP contribution in [0.1, 0.15) is 36.0 Å². The molecular formula is C14H19FN2O2S. The predicted octanol–water partition coefficient (Wildman–Crippen LogP) is 3.19. The zero-order chi connectivity index (χ0) is 14.7. The smallest absolute Gasteiger partial charge is 0.338 e. The number of thioether (sulfide) groups is 1. The minimum absolute atomic E-state index is 0.274. The van der Waals surface area contributed by atoms with Crippen LogP contribution in [0, 0.1) is 5.82 Å². The number of hydrogen-bond donors (Lipinski definition) is 3. The number of carboxylic acid groups (broad SMARTS) is 1. The molecule has 1 fully saturated rings. The molecule has 0 amide bonds. The number of rotatable bonds is 4. The Kier molecular flexibility index (Phi) is 4.75. The molecule has 0 radical (unpaired) electrons. The van der Waals surface area contributed by atoms with Gasteiger partial charge in [0.2, 0.25) is 0 Å². The van der Waals surface area contributed by atoms with Gasteiger partial charge in [-0.2, -0.15) is 11.8 Å². The molecule has 20 heavy (non-hydrogen) atoms. The molecule has 4 N–H and O–H groups in total. The van der Waals surface area contributed by atoms with Crippen molar-refractivity contribution in [2.24, 2.45) is 0 Å². The molecule has 0 atom stereocenters. The van der Waals surface area contributed by atoms with Gasteiger partial charge in [-0.1, -0.05) is 0 Å². The molecule has 110 valence electrons. The summed E-state index contributed by atoms with van der Waals surface area (Å²) in [5.74, 6) is -2.06. The highest BCUT2D eigenvalue weighted by Gasteiger charge is 2.21. The Labute approximate surface area is 121 Å². The SMILES string of the molecule is CSC1CCC(Nc2cc(F)c(C(=O)O)cc2N)CC1. The Bertz CT molecular complexity index is 502. The average Bonchev–Trinajstić information content (AvgIpc) is 2.43. The monoisotopic (exact) mass is 298 g/mol. The van der Waals surface area contributed by atoms with Crippen LogP contribution in [0.3, 0.4) is 0 Å². The number of nitrogens with two attached hydrogens (primary N) is 1. The number of aromatic carboxylic acids is 1. The largest absolute Gasteiger partial charge is 0.478 e. The van der Waals surface area contributed by atoms with Gasteiger partial charge >= 0.3 is 5.97 Å². The first-order valence-corrected chi connectivity index (χ1v) is 7.91. The first kappa shape index (κ1) is 15.0. The molecule has 0 aromatic heterocycles. The van der Waals surface area contributed by atoms with Crippen molar-refractivity contribution in [2.75, 3.05) is 17.3 Å². The first-order valence-electron chi connectivity index (χ1n) is 6.63. The third-order valence-corrected chi connectivity index (χ3v) is 4.87. The van der Waals surface area contributed by atoms with E-state index in [-0.39, 0.29) is 17.3 Å². The highest BCUT2D eigenvalue weighted by molar-refractivity contribution is 7.99. The summed E-state index contributed by atoms with van der Waals surface area (Å²) in [6.07, 6.45) is 6.43. The molecule has 4 nitrogen and oxygen atoms in total. The van der Waals surface area contributed by atoms with Gasteiger partial charge in [0, 0.05) is 11.3 Å². The minimum atomic E-state index is -1.30. The Balaban J connectivity index is 2.07. The van der Waals surface area contributed by atoms with Crippen molar-refractivity contribution in [1.29, 1.82) is 0 Å².